The molecule has 6 heteroatoms. The van der Waals surface area contributed by atoms with E-state index < -0.39 is 6.03 Å². The van der Waals surface area contributed by atoms with Gasteiger partial charge in [-0.25, -0.2) is 9.78 Å². The number of urea groups is 1. The third-order valence-corrected chi connectivity index (χ3v) is 2.49. The number of hydrogen-bond acceptors (Lipinski definition) is 4. The van der Waals surface area contributed by atoms with Crippen LogP contribution < -0.4 is 15.4 Å². The Hall–Kier alpha value is -3.07. The van der Waals surface area contributed by atoms with Gasteiger partial charge in [0.1, 0.15) is 17.6 Å². The van der Waals surface area contributed by atoms with Gasteiger partial charge in [-0.1, -0.05) is 12.1 Å². The first kappa shape index (κ1) is 13.4. The van der Waals surface area contributed by atoms with Crippen LogP contribution in [0.5, 0.6) is 5.75 Å². The molecule has 20 heavy (non-hydrogen) atoms. The zero-order valence-corrected chi connectivity index (χ0v) is 10.8. The summed E-state index contributed by atoms with van der Waals surface area (Å²) in [7, 11) is 1.53. The third-order valence-electron chi connectivity index (χ3n) is 2.49. The van der Waals surface area contributed by atoms with Gasteiger partial charge in [0.2, 0.25) is 0 Å². The van der Waals surface area contributed by atoms with Crippen LogP contribution in [0.2, 0.25) is 0 Å². The van der Waals surface area contributed by atoms with Gasteiger partial charge >= 0.3 is 6.03 Å². The molecule has 1 heterocycles. The summed E-state index contributed by atoms with van der Waals surface area (Å²) in [6, 6.07) is 11.7. The van der Waals surface area contributed by atoms with Gasteiger partial charge in [0.05, 0.1) is 18.4 Å². The quantitative estimate of drug-likeness (QED) is 0.895. The summed E-state index contributed by atoms with van der Waals surface area (Å²) in [5, 5.41) is 13.9. The number of hydrogen-bond donors (Lipinski definition) is 2. The van der Waals surface area contributed by atoms with Gasteiger partial charge in [-0.3, -0.25) is 5.32 Å². The fraction of sp³-hybridized carbons (Fsp3) is 0.0714. The Morgan fingerprint density at radius 3 is 2.70 bits per heavy atom. The van der Waals surface area contributed by atoms with E-state index in [2.05, 4.69) is 15.6 Å². The summed E-state index contributed by atoms with van der Waals surface area (Å²) in [5.41, 5.74) is 0.988. The molecule has 0 aliphatic heterocycles. The number of methoxy groups -OCH3 is 1. The van der Waals surface area contributed by atoms with Crippen molar-refractivity contribution in [2.24, 2.45) is 0 Å². The lowest BCUT2D eigenvalue weighted by Crippen LogP contribution is -2.20. The molecule has 1 aromatic heterocycles. The van der Waals surface area contributed by atoms with Gasteiger partial charge in [0.25, 0.3) is 0 Å². The lowest BCUT2D eigenvalue weighted by molar-refractivity contribution is 0.262. The number of nitriles is 1. The van der Waals surface area contributed by atoms with Crippen molar-refractivity contribution in [3.63, 3.8) is 0 Å². The second kappa shape index (κ2) is 6.20. The van der Waals surface area contributed by atoms with Gasteiger partial charge < -0.3 is 10.1 Å². The normalized spacial score (nSPS) is 9.40. The molecule has 0 fully saturated rings. The fourth-order valence-electron chi connectivity index (χ4n) is 1.55. The van der Waals surface area contributed by atoms with Crippen LogP contribution in [0.15, 0.2) is 42.6 Å². The first-order chi connectivity index (χ1) is 9.72. The number of anilines is 2. The maximum Gasteiger partial charge on any atom is 0.324 e. The molecule has 2 rings (SSSR count). The molecule has 0 spiro atoms. The Morgan fingerprint density at radius 1 is 1.25 bits per heavy atom. The Balaban J connectivity index is 2.03. The molecule has 0 saturated heterocycles. The van der Waals surface area contributed by atoms with Crippen LogP contribution in [0.1, 0.15) is 5.56 Å². The summed E-state index contributed by atoms with van der Waals surface area (Å²) in [5.74, 6) is 0.923. The van der Waals surface area contributed by atoms with Crippen LogP contribution in [-0.2, 0) is 0 Å². The molecule has 0 atom stereocenters. The summed E-state index contributed by atoms with van der Waals surface area (Å²) < 4.78 is 5.13. The van der Waals surface area contributed by atoms with E-state index >= 15 is 0 Å². The van der Waals surface area contributed by atoms with Crippen molar-refractivity contribution in [1.82, 2.24) is 4.98 Å². The van der Waals surface area contributed by atoms with Gasteiger partial charge in [-0.05, 0) is 24.3 Å². The van der Waals surface area contributed by atoms with Crippen molar-refractivity contribution in [3.05, 3.63) is 48.2 Å². The zero-order valence-electron chi connectivity index (χ0n) is 10.8. The van der Waals surface area contributed by atoms with E-state index in [0.717, 1.165) is 0 Å². The molecule has 1 aromatic carbocycles. The minimum absolute atomic E-state index is 0.358. The first-order valence-corrected chi connectivity index (χ1v) is 5.80. The molecule has 0 saturated carbocycles. The number of amides is 2. The van der Waals surface area contributed by atoms with Crippen molar-refractivity contribution < 1.29 is 9.53 Å². The van der Waals surface area contributed by atoms with Crippen molar-refractivity contribution >= 4 is 17.5 Å². The fourth-order valence-corrected chi connectivity index (χ4v) is 1.55. The lowest BCUT2D eigenvalue weighted by atomic mass is 10.3. The Bertz CT molecular complexity index is 647. The molecular formula is C14H12N4O2. The van der Waals surface area contributed by atoms with Gasteiger partial charge in [-0.15, -0.1) is 0 Å². The van der Waals surface area contributed by atoms with Crippen LogP contribution in [0.3, 0.4) is 0 Å². The summed E-state index contributed by atoms with van der Waals surface area (Å²) >= 11 is 0. The van der Waals surface area contributed by atoms with Crippen molar-refractivity contribution in [2.75, 3.05) is 17.7 Å². The molecule has 2 N–H and O–H groups in total. The van der Waals surface area contributed by atoms with Crippen LogP contribution in [0.4, 0.5) is 16.3 Å². The number of pyridine rings is 1. The van der Waals surface area contributed by atoms with Crippen molar-refractivity contribution in [3.8, 4) is 11.8 Å². The monoisotopic (exact) mass is 268 g/mol. The third kappa shape index (κ3) is 3.23. The summed E-state index contributed by atoms with van der Waals surface area (Å²) in [4.78, 5) is 15.8. The van der Waals surface area contributed by atoms with Gasteiger partial charge in [-0.2, -0.15) is 5.26 Å². The maximum absolute atomic E-state index is 11.8. The number of nitrogens with zero attached hydrogens (tertiary/aromatic N) is 2. The van der Waals surface area contributed by atoms with E-state index in [1.807, 2.05) is 12.1 Å². The van der Waals surface area contributed by atoms with E-state index in [4.69, 9.17) is 10.00 Å². The highest BCUT2D eigenvalue weighted by atomic mass is 16.5. The maximum atomic E-state index is 11.8. The average Bonchev–Trinajstić information content (AvgIpc) is 2.48. The number of carbonyl (C=O) groups is 1. The molecule has 6 nitrogen and oxygen atoms in total. The second-order valence-electron chi connectivity index (χ2n) is 3.82. The molecule has 100 valence electrons. The van der Waals surface area contributed by atoms with Crippen LogP contribution in [0.25, 0.3) is 0 Å². The van der Waals surface area contributed by atoms with Gasteiger partial charge in [0.15, 0.2) is 0 Å². The molecule has 0 aliphatic carbocycles. The molecule has 2 amide bonds. The lowest BCUT2D eigenvalue weighted by Gasteiger charge is -2.10. The predicted octanol–water partition coefficient (Wildman–Crippen LogP) is 2.61. The smallest absolute Gasteiger partial charge is 0.324 e. The highest BCUT2D eigenvalue weighted by molar-refractivity contribution is 6.00. The largest absolute Gasteiger partial charge is 0.495 e. The summed E-state index contributed by atoms with van der Waals surface area (Å²) in [6.45, 7) is 0. The Kier molecular flexibility index (Phi) is 4.14. The number of para-hydroxylation sites is 2. The molecule has 2 aromatic rings. The molecule has 0 radical (unpaired) electrons. The van der Waals surface area contributed by atoms with E-state index in [1.54, 1.807) is 30.3 Å². The van der Waals surface area contributed by atoms with E-state index in [-0.39, 0.29) is 0 Å². The first-order valence-electron chi connectivity index (χ1n) is 5.80. The SMILES string of the molecule is COc1ccccc1NC(=O)Nc1ccc(C#N)cn1. The molecule has 0 unspecified atom stereocenters. The standard InChI is InChI=1S/C14H12N4O2/c1-20-12-5-3-2-4-11(12)17-14(19)18-13-7-6-10(8-15)9-16-13/h2-7,9H,1H3,(H2,16,17,18,19). The number of ether oxygens (including phenoxy) is 1. The number of benzene rings is 1. The van der Waals surface area contributed by atoms with E-state index in [0.29, 0.717) is 22.8 Å². The molecule has 0 bridgehead atoms. The van der Waals surface area contributed by atoms with Crippen LogP contribution >= 0.6 is 0 Å². The topological polar surface area (TPSA) is 87.0 Å². The molecule has 0 aliphatic rings. The number of rotatable bonds is 3. The number of nitrogens with one attached hydrogen (secondary N) is 2. The highest BCUT2D eigenvalue weighted by Gasteiger charge is 2.07. The van der Waals surface area contributed by atoms with Gasteiger partial charge in [0, 0.05) is 6.20 Å². The number of aromatic nitrogens is 1. The van der Waals surface area contributed by atoms with Crippen LogP contribution in [0, 0.1) is 11.3 Å². The second-order valence-corrected chi connectivity index (χ2v) is 3.82. The highest BCUT2D eigenvalue weighted by Crippen LogP contribution is 2.23. The minimum Gasteiger partial charge on any atom is -0.495 e. The summed E-state index contributed by atoms with van der Waals surface area (Å²) in [6.07, 6.45) is 1.39. The Morgan fingerprint density at radius 2 is 2.05 bits per heavy atom. The minimum atomic E-state index is -0.438. The van der Waals surface area contributed by atoms with Crippen molar-refractivity contribution in [2.45, 2.75) is 0 Å². The zero-order chi connectivity index (χ0) is 14.4. The molecular weight excluding hydrogens is 256 g/mol. The van der Waals surface area contributed by atoms with E-state index in [9.17, 15) is 4.79 Å². The Labute approximate surface area is 116 Å². The number of carbonyl (C=O) groups excluding carboxylic acids is 1. The van der Waals surface area contributed by atoms with Crippen molar-refractivity contribution in [1.29, 1.82) is 5.26 Å². The average molecular weight is 268 g/mol. The van der Waals surface area contributed by atoms with Crippen LogP contribution in [-0.4, -0.2) is 18.1 Å². The van der Waals surface area contributed by atoms with E-state index in [1.165, 1.54) is 13.3 Å². The predicted molar refractivity (Wildman–Crippen MR) is 74.6 cm³/mol.